The van der Waals surface area contributed by atoms with E-state index in [2.05, 4.69) is 23.4 Å². The van der Waals surface area contributed by atoms with E-state index in [1.54, 1.807) is 13.3 Å². The standard InChI is InChI=1S/C12H17N3O/c1-8-9(2)15(4-5-16-3)11-7-14-6-10(13)12(8)11/h6-7H,4-5,13H2,1-3H3. The first-order valence-corrected chi connectivity index (χ1v) is 5.34. The minimum atomic E-state index is 0.693. The number of nitrogen functional groups attached to an aromatic ring is 1. The third kappa shape index (κ3) is 1.55. The zero-order chi connectivity index (χ0) is 11.7. The lowest BCUT2D eigenvalue weighted by atomic mass is 10.2. The quantitative estimate of drug-likeness (QED) is 0.857. The van der Waals surface area contributed by atoms with E-state index in [1.807, 2.05) is 6.20 Å². The first-order chi connectivity index (χ1) is 7.66. The van der Waals surface area contributed by atoms with Gasteiger partial charge in [-0.05, 0) is 19.4 Å². The van der Waals surface area contributed by atoms with E-state index in [4.69, 9.17) is 10.5 Å². The molecule has 2 aromatic rings. The summed E-state index contributed by atoms with van der Waals surface area (Å²) in [6, 6.07) is 0. The van der Waals surface area contributed by atoms with E-state index in [0.717, 1.165) is 23.1 Å². The van der Waals surface area contributed by atoms with Crippen LogP contribution >= 0.6 is 0 Å². The van der Waals surface area contributed by atoms with Gasteiger partial charge in [0.2, 0.25) is 0 Å². The van der Waals surface area contributed by atoms with Gasteiger partial charge >= 0.3 is 0 Å². The summed E-state index contributed by atoms with van der Waals surface area (Å²) >= 11 is 0. The minimum Gasteiger partial charge on any atom is -0.397 e. The molecule has 0 aliphatic carbocycles. The third-order valence-electron chi connectivity index (χ3n) is 3.09. The summed E-state index contributed by atoms with van der Waals surface area (Å²) in [5, 5.41) is 1.11. The fourth-order valence-electron chi connectivity index (χ4n) is 2.11. The Morgan fingerprint density at radius 2 is 2.12 bits per heavy atom. The van der Waals surface area contributed by atoms with Crippen LogP contribution in [-0.4, -0.2) is 23.3 Å². The molecule has 0 amide bonds. The fourth-order valence-corrected chi connectivity index (χ4v) is 2.11. The van der Waals surface area contributed by atoms with Crippen LogP contribution in [0, 0.1) is 13.8 Å². The van der Waals surface area contributed by atoms with Gasteiger partial charge in [0, 0.05) is 24.7 Å². The van der Waals surface area contributed by atoms with Crippen molar-refractivity contribution in [3.63, 3.8) is 0 Å². The number of aryl methyl sites for hydroxylation is 1. The van der Waals surface area contributed by atoms with Gasteiger partial charge in [0.25, 0.3) is 0 Å². The number of hydrogen-bond acceptors (Lipinski definition) is 3. The zero-order valence-corrected chi connectivity index (χ0v) is 9.95. The minimum absolute atomic E-state index is 0.693. The van der Waals surface area contributed by atoms with E-state index in [1.165, 1.54) is 11.3 Å². The Morgan fingerprint density at radius 3 is 2.81 bits per heavy atom. The number of pyridine rings is 1. The van der Waals surface area contributed by atoms with E-state index in [9.17, 15) is 0 Å². The fraction of sp³-hybridized carbons (Fsp3) is 0.417. The van der Waals surface area contributed by atoms with Crippen molar-refractivity contribution >= 4 is 16.6 Å². The molecule has 2 rings (SSSR count). The average Bonchev–Trinajstić information content (AvgIpc) is 2.51. The molecule has 0 unspecified atom stereocenters. The maximum atomic E-state index is 5.96. The molecule has 0 fully saturated rings. The van der Waals surface area contributed by atoms with E-state index < -0.39 is 0 Å². The van der Waals surface area contributed by atoms with Crippen molar-refractivity contribution in [2.75, 3.05) is 19.5 Å². The first kappa shape index (κ1) is 11.0. The van der Waals surface area contributed by atoms with Crippen LogP contribution in [-0.2, 0) is 11.3 Å². The Balaban J connectivity index is 2.64. The molecule has 0 saturated carbocycles. The van der Waals surface area contributed by atoms with Gasteiger partial charge in [-0.2, -0.15) is 0 Å². The molecule has 2 heterocycles. The lowest BCUT2D eigenvalue weighted by Gasteiger charge is -2.07. The van der Waals surface area contributed by atoms with Gasteiger partial charge < -0.3 is 15.0 Å². The monoisotopic (exact) mass is 219 g/mol. The van der Waals surface area contributed by atoms with Gasteiger partial charge in [-0.15, -0.1) is 0 Å². The van der Waals surface area contributed by atoms with Crippen LogP contribution < -0.4 is 5.73 Å². The second kappa shape index (κ2) is 4.14. The number of nitrogens with two attached hydrogens (primary N) is 1. The molecule has 0 atom stereocenters. The maximum Gasteiger partial charge on any atom is 0.0693 e. The number of hydrogen-bond donors (Lipinski definition) is 1. The Bertz CT molecular complexity index is 516. The predicted octanol–water partition coefficient (Wildman–Crippen LogP) is 1.88. The number of aromatic nitrogens is 2. The second-order valence-corrected chi connectivity index (χ2v) is 3.98. The van der Waals surface area contributed by atoms with Gasteiger partial charge in [-0.25, -0.2) is 0 Å². The van der Waals surface area contributed by atoms with Crippen molar-refractivity contribution in [3.05, 3.63) is 23.7 Å². The molecule has 0 aliphatic rings. The molecule has 2 aromatic heterocycles. The van der Waals surface area contributed by atoms with E-state index in [0.29, 0.717) is 6.61 Å². The van der Waals surface area contributed by atoms with Gasteiger partial charge in [-0.1, -0.05) is 0 Å². The van der Waals surface area contributed by atoms with Gasteiger partial charge in [-0.3, -0.25) is 4.98 Å². The molecule has 0 aliphatic heterocycles. The number of fused-ring (bicyclic) bond motifs is 1. The number of anilines is 1. The SMILES string of the molecule is COCCn1c(C)c(C)c2c(N)cncc21. The number of rotatable bonds is 3. The summed E-state index contributed by atoms with van der Waals surface area (Å²) in [6.45, 7) is 5.72. The maximum absolute atomic E-state index is 5.96. The third-order valence-corrected chi connectivity index (χ3v) is 3.09. The van der Waals surface area contributed by atoms with E-state index >= 15 is 0 Å². The van der Waals surface area contributed by atoms with Gasteiger partial charge in [0.15, 0.2) is 0 Å². The van der Waals surface area contributed by atoms with Gasteiger partial charge in [0.05, 0.1) is 30.2 Å². The van der Waals surface area contributed by atoms with Crippen LogP contribution in [0.2, 0.25) is 0 Å². The van der Waals surface area contributed by atoms with Crippen LogP contribution in [0.1, 0.15) is 11.3 Å². The highest BCUT2D eigenvalue weighted by molar-refractivity contribution is 5.94. The molecular weight excluding hydrogens is 202 g/mol. The Morgan fingerprint density at radius 1 is 1.38 bits per heavy atom. The van der Waals surface area contributed by atoms with E-state index in [-0.39, 0.29) is 0 Å². The molecule has 0 spiro atoms. The molecule has 0 bridgehead atoms. The molecule has 2 N–H and O–H groups in total. The lowest BCUT2D eigenvalue weighted by molar-refractivity contribution is 0.188. The summed E-state index contributed by atoms with van der Waals surface area (Å²) in [5.41, 5.74) is 10.3. The van der Waals surface area contributed by atoms with Crippen LogP contribution in [0.5, 0.6) is 0 Å². The van der Waals surface area contributed by atoms with Crippen LogP contribution in [0.15, 0.2) is 12.4 Å². The van der Waals surface area contributed by atoms with Crippen molar-refractivity contribution in [1.29, 1.82) is 0 Å². The molecule has 0 aromatic carbocycles. The summed E-state index contributed by atoms with van der Waals surface area (Å²) in [5.74, 6) is 0. The van der Waals surface area contributed by atoms with Crippen molar-refractivity contribution in [1.82, 2.24) is 9.55 Å². The number of nitrogens with zero attached hydrogens (tertiary/aromatic N) is 2. The predicted molar refractivity (Wildman–Crippen MR) is 65.5 cm³/mol. The number of methoxy groups -OCH3 is 1. The molecule has 86 valence electrons. The molecule has 4 heteroatoms. The molecule has 0 saturated heterocycles. The number of ether oxygens (including phenoxy) is 1. The second-order valence-electron chi connectivity index (χ2n) is 3.98. The average molecular weight is 219 g/mol. The zero-order valence-electron chi connectivity index (χ0n) is 9.95. The first-order valence-electron chi connectivity index (χ1n) is 5.34. The summed E-state index contributed by atoms with van der Waals surface area (Å²) in [6.07, 6.45) is 3.57. The van der Waals surface area contributed by atoms with Crippen molar-refractivity contribution in [2.45, 2.75) is 20.4 Å². The van der Waals surface area contributed by atoms with Crippen LogP contribution in [0.4, 0.5) is 5.69 Å². The summed E-state index contributed by atoms with van der Waals surface area (Å²) < 4.78 is 7.32. The summed E-state index contributed by atoms with van der Waals surface area (Å²) in [4.78, 5) is 4.15. The lowest BCUT2D eigenvalue weighted by Crippen LogP contribution is -2.05. The molecular formula is C12H17N3O. The van der Waals surface area contributed by atoms with Crippen molar-refractivity contribution in [3.8, 4) is 0 Å². The van der Waals surface area contributed by atoms with Crippen molar-refractivity contribution in [2.24, 2.45) is 0 Å². The van der Waals surface area contributed by atoms with Crippen molar-refractivity contribution < 1.29 is 4.74 Å². The Hall–Kier alpha value is -1.55. The highest BCUT2D eigenvalue weighted by atomic mass is 16.5. The largest absolute Gasteiger partial charge is 0.397 e. The van der Waals surface area contributed by atoms with Crippen LogP contribution in [0.25, 0.3) is 10.9 Å². The molecule has 16 heavy (non-hydrogen) atoms. The highest BCUT2D eigenvalue weighted by Crippen LogP contribution is 2.28. The topological polar surface area (TPSA) is 53.1 Å². The highest BCUT2D eigenvalue weighted by Gasteiger charge is 2.12. The molecule has 0 radical (unpaired) electrons. The Kier molecular flexibility index (Phi) is 2.83. The smallest absolute Gasteiger partial charge is 0.0693 e. The summed E-state index contributed by atoms with van der Waals surface area (Å²) in [7, 11) is 1.71. The van der Waals surface area contributed by atoms with Crippen LogP contribution in [0.3, 0.4) is 0 Å². The Labute approximate surface area is 95.0 Å². The van der Waals surface area contributed by atoms with Gasteiger partial charge in [0.1, 0.15) is 0 Å². The normalized spacial score (nSPS) is 11.2. The molecule has 4 nitrogen and oxygen atoms in total.